The molecule has 0 unspecified atom stereocenters. The zero-order valence-corrected chi connectivity index (χ0v) is 18.8. The maximum Gasteiger partial charge on any atom is 0.106 e. The van der Waals surface area contributed by atoms with E-state index < -0.39 is 0 Å². The highest BCUT2D eigenvalue weighted by atomic mass is 79.9. The number of aryl methyl sites for hydroxylation is 1. The zero-order valence-electron chi connectivity index (χ0n) is 17.2. The Kier molecular flexibility index (Phi) is 5.24. The Morgan fingerprint density at radius 3 is 2.15 bits per heavy atom. The normalized spacial score (nSPS) is 17.3. The molecule has 4 heteroatoms. The highest BCUT2D eigenvalue weighted by Gasteiger charge is 2.37. The van der Waals surface area contributed by atoms with Gasteiger partial charge in [0.15, 0.2) is 0 Å². The molecule has 2 aromatic carbocycles. The zero-order chi connectivity index (χ0) is 20.0. The van der Waals surface area contributed by atoms with E-state index in [-0.39, 0.29) is 17.4 Å². The fourth-order valence-corrected chi connectivity index (χ4v) is 5.01. The van der Waals surface area contributed by atoms with Gasteiger partial charge in [0.25, 0.3) is 0 Å². The summed E-state index contributed by atoms with van der Waals surface area (Å²) in [5.41, 5.74) is 8.83. The minimum absolute atomic E-state index is 0.159. The summed E-state index contributed by atoms with van der Waals surface area (Å²) in [4.78, 5) is 10.8. The van der Waals surface area contributed by atoms with Gasteiger partial charge in [-0.2, -0.15) is 4.91 Å². The molecule has 27 heavy (non-hydrogen) atoms. The number of benzene rings is 2. The molecule has 0 heterocycles. The molecule has 0 saturated carbocycles. The van der Waals surface area contributed by atoms with Crippen LogP contribution in [-0.2, 0) is 17.4 Å². The van der Waals surface area contributed by atoms with Crippen molar-refractivity contribution < 1.29 is 0 Å². The van der Waals surface area contributed by atoms with E-state index in [1.54, 1.807) is 0 Å². The van der Waals surface area contributed by atoms with Gasteiger partial charge in [0, 0.05) is 17.1 Å². The monoisotopic (exact) mass is 428 g/mol. The molecule has 1 N–H and O–H groups in total. The van der Waals surface area contributed by atoms with E-state index in [0.717, 1.165) is 21.3 Å². The van der Waals surface area contributed by atoms with E-state index in [9.17, 15) is 4.91 Å². The first kappa shape index (κ1) is 20.1. The number of halogens is 1. The average Bonchev–Trinajstić information content (AvgIpc) is 2.59. The third kappa shape index (κ3) is 3.56. The molecule has 1 aliphatic carbocycles. The van der Waals surface area contributed by atoms with Crippen molar-refractivity contribution >= 4 is 21.6 Å². The first-order chi connectivity index (χ1) is 12.6. The Balaban J connectivity index is 2.29. The van der Waals surface area contributed by atoms with Crippen LogP contribution in [0.3, 0.4) is 0 Å². The van der Waals surface area contributed by atoms with E-state index in [1.165, 1.54) is 35.1 Å². The molecule has 1 aliphatic rings. The minimum atomic E-state index is 0.159. The first-order valence-corrected chi connectivity index (χ1v) is 10.4. The number of anilines is 1. The van der Waals surface area contributed by atoms with Gasteiger partial charge in [-0.15, -0.1) is 0 Å². The molecule has 0 fully saturated rings. The lowest BCUT2D eigenvalue weighted by molar-refractivity contribution is 0.332. The molecular formula is C23H29BrN2O. The van der Waals surface area contributed by atoms with Gasteiger partial charge in [-0.3, -0.25) is 0 Å². The number of rotatable bonds is 4. The summed E-state index contributed by atoms with van der Waals surface area (Å²) in [7, 11) is 1.93. The summed E-state index contributed by atoms with van der Waals surface area (Å²) in [5.74, 6) is 0. The van der Waals surface area contributed by atoms with Crippen LogP contribution in [0.4, 0.5) is 5.69 Å². The Hall–Kier alpha value is -1.68. The van der Waals surface area contributed by atoms with Gasteiger partial charge >= 0.3 is 0 Å². The number of hydrogen-bond donors (Lipinski definition) is 1. The Labute approximate surface area is 171 Å². The predicted molar refractivity (Wildman–Crippen MR) is 119 cm³/mol. The van der Waals surface area contributed by atoms with Gasteiger partial charge in [0.1, 0.15) is 6.54 Å². The van der Waals surface area contributed by atoms with E-state index >= 15 is 0 Å². The molecule has 3 rings (SSSR count). The second-order valence-corrected chi connectivity index (χ2v) is 9.87. The van der Waals surface area contributed by atoms with E-state index in [1.807, 2.05) is 13.1 Å². The summed E-state index contributed by atoms with van der Waals surface area (Å²) in [6.07, 6.45) is 2.40. The van der Waals surface area contributed by atoms with Crippen LogP contribution in [0.5, 0.6) is 0 Å². The van der Waals surface area contributed by atoms with Crippen molar-refractivity contribution in [1.82, 2.24) is 0 Å². The van der Waals surface area contributed by atoms with Crippen molar-refractivity contribution in [2.24, 2.45) is 5.18 Å². The SMILES string of the molecule is CNc1c(Br)cc(CN=O)cc1-c1cc2c(cc1C)C(C)(C)CCC2(C)C. The number of nitrogens with zero attached hydrogens (tertiary/aromatic N) is 1. The van der Waals surface area contributed by atoms with Crippen molar-refractivity contribution in [2.75, 3.05) is 12.4 Å². The molecular weight excluding hydrogens is 400 g/mol. The summed E-state index contributed by atoms with van der Waals surface area (Å²) in [6, 6.07) is 8.82. The van der Waals surface area contributed by atoms with Gasteiger partial charge in [0.05, 0.1) is 5.69 Å². The molecule has 0 amide bonds. The minimum Gasteiger partial charge on any atom is -0.387 e. The van der Waals surface area contributed by atoms with Crippen molar-refractivity contribution in [3.63, 3.8) is 0 Å². The van der Waals surface area contributed by atoms with Crippen LogP contribution in [0.25, 0.3) is 11.1 Å². The van der Waals surface area contributed by atoms with Crippen LogP contribution in [0.2, 0.25) is 0 Å². The van der Waals surface area contributed by atoms with Crippen LogP contribution in [-0.4, -0.2) is 7.05 Å². The fourth-order valence-electron chi connectivity index (χ4n) is 4.31. The van der Waals surface area contributed by atoms with Crippen LogP contribution in [0, 0.1) is 11.8 Å². The van der Waals surface area contributed by atoms with Crippen molar-refractivity contribution in [1.29, 1.82) is 0 Å². The molecule has 0 bridgehead atoms. The Bertz CT molecular complexity index is 900. The topological polar surface area (TPSA) is 41.5 Å². The van der Waals surface area contributed by atoms with Gasteiger partial charge in [0.2, 0.25) is 0 Å². The maximum atomic E-state index is 10.8. The van der Waals surface area contributed by atoms with Gasteiger partial charge < -0.3 is 5.32 Å². The van der Waals surface area contributed by atoms with Crippen molar-refractivity contribution in [3.05, 3.63) is 55.9 Å². The molecule has 0 saturated heterocycles. The highest BCUT2D eigenvalue weighted by molar-refractivity contribution is 9.10. The van der Waals surface area contributed by atoms with E-state index in [0.29, 0.717) is 0 Å². The van der Waals surface area contributed by atoms with Gasteiger partial charge in [-0.05, 0) is 92.5 Å². The molecule has 0 aromatic heterocycles. The number of fused-ring (bicyclic) bond motifs is 1. The second kappa shape index (κ2) is 7.05. The summed E-state index contributed by atoms with van der Waals surface area (Å²) in [5, 5.41) is 6.40. The smallest absolute Gasteiger partial charge is 0.106 e. The number of nitrogens with one attached hydrogen (secondary N) is 1. The molecule has 0 atom stereocenters. The van der Waals surface area contributed by atoms with Crippen molar-refractivity contribution in [2.45, 2.75) is 64.8 Å². The van der Waals surface area contributed by atoms with E-state index in [2.05, 4.69) is 79.2 Å². The third-order valence-corrected chi connectivity index (χ3v) is 6.76. The fraction of sp³-hybridized carbons (Fsp3) is 0.478. The Morgan fingerprint density at radius 2 is 1.59 bits per heavy atom. The summed E-state index contributed by atoms with van der Waals surface area (Å²) < 4.78 is 0.956. The number of hydrogen-bond acceptors (Lipinski definition) is 3. The van der Waals surface area contributed by atoms with Crippen LogP contribution < -0.4 is 5.32 Å². The third-order valence-electron chi connectivity index (χ3n) is 6.14. The van der Waals surface area contributed by atoms with Crippen molar-refractivity contribution in [3.8, 4) is 11.1 Å². The highest BCUT2D eigenvalue weighted by Crippen LogP contribution is 2.48. The van der Waals surface area contributed by atoms with Gasteiger partial charge in [-0.25, -0.2) is 0 Å². The molecule has 3 nitrogen and oxygen atoms in total. The maximum absolute atomic E-state index is 10.8. The van der Waals surface area contributed by atoms with Crippen LogP contribution in [0.15, 0.2) is 33.9 Å². The lowest BCUT2D eigenvalue weighted by Gasteiger charge is -2.42. The standard InChI is InChI=1S/C23H29BrN2O/c1-14-9-18-19(23(4,5)8-7-22(18,2)3)12-16(14)17-10-15(13-26-27)11-20(24)21(17)25-6/h9-12,25H,7-8,13H2,1-6H3. The molecule has 144 valence electrons. The second-order valence-electron chi connectivity index (χ2n) is 9.02. The Morgan fingerprint density at radius 1 is 1.00 bits per heavy atom. The van der Waals surface area contributed by atoms with Crippen LogP contribution >= 0.6 is 15.9 Å². The average molecular weight is 429 g/mol. The first-order valence-electron chi connectivity index (χ1n) is 9.56. The molecule has 0 radical (unpaired) electrons. The molecule has 0 aliphatic heterocycles. The van der Waals surface area contributed by atoms with Gasteiger partial charge in [-0.1, -0.05) is 38.9 Å². The quantitative estimate of drug-likeness (QED) is 0.528. The van der Waals surface area contributed by atoms with Crippen LogP contribution in [0.1, 0.15) is 62.8 Å². The lowest BCUT2D eigenvalue weighted by atomic mass is 9.62. The lowest BCUT2D eigenvalue weighted by Crippen LogP contribution is -2.34. The summed E-state index contributed by atoms with van der Waals surface area (Å²) in [6.45, 7) is 11.8. The van der Waals surface area contributed by atoms with E-state index in [4.69, 9.17) is 0 Å². The summed E-state index contributed by atoms with van der Waals surface area (Å²) >= 11 is 3.66. The largest absolute Gasteiger partial charge is 0.387 e. The molecule has 0 spiro atoms. The molecule has 2 aromatic rings. The number of nitroso groups, excluding NO2 is 1. The predicted octanol–water partition coefficient (Wildman–Crippen LogP) is 7.08.